The van der Waals surface area contributed by atoms with E-state index in [0.717, 1.165) is 0 Å². The fourth-order valence-electron chi connectivity index (χ4n) is 1.84. The van der Waals surface area contributed by atoms with Crippen molar-refractivity contribution in [1.82, 2.24) is 0 Å². The fourth-order valence-corrected chi connectivity index (χ4v) is 2.38. The molecule has 0 saturated heterocycles. The van der Waals surface area contributed by atoms with Gasteiger partial charge in [-0.15, -0.1) is 0 Å². The Morgan fingerprint density at radius 3 is 2.33 bits per heavy atom. The van der Waals surface area contributed by atoms with Crippen LogP contribution >= 0.6 is 15.9 Å². The van der Waals surface area contributed by atoms with Gasteiger partial charge >= 0.3 is 12.3 Å². The molecule has 1 aromatic carbocycles. The molecule has 0 heterocycles. The van der Waals surface area contributed by atoms with Gasteiger partial charge in [-0.2, -0.15) is 13.2 Å². The average molecular weight is 410 g/mol. The van der Waals surface area contributed by atoms with Crippen molar-refractivity contribution in [1.29, 1.82) is 0 Å². The van der Waals surface area contributed by atoms with E-state index in [1.807, 2.05) is 0 Å². The molecule has 1 aromatic rings. The Bertz CT molecular complexity index is 610. The first-order valence-corrected chi connectivity index (χ1v) is 8.01. The van der Waals surface area contributed by atoms with E-state index >= 15 is 0 Å². The third-order valence-electron chi connectivity index (χ3n) is 2.69. The normalized spacial score (nSPS) is 12.0. The molecule has 0 aliphatic rings. The van der Waals surface area contributed by atoms with Gasteiger partial charge < -0.3 is 4.74 Å². The van der Waals surface area contributed by atoms with Crippen molar-refractivity contribution in [2.24, 2.45) is 0 Å². The number of carbonyl (C=O) groups excluding carboxylic acids is 2. The highest BCUT2D eigenvalue weighted by Crippen LogP contribution is 2.24. The molecule has 24 heavy (non-hydrogen) atoms. The number of hydrogen-bond acceptors (Lipinski definition) is 3. The van der Waals surface area contributed by atoms with Gasteiger partial charge in [-0.25, -0.2) is 4.79 Å². The smallest absolute Gasteiger partial charge is 0.412 e. The topological polar surface area (TPSA) is 55.4 Å². The number of carbonyl (C=O) groups is 2. The highest BCUT2D eigenvalue weighted by atomic mass is 79.9. The molecule has 4 nitrogen and oxygen atoms in total. The summed E-state index contributed by atoms with van der Waals surface area (Å²) in [5.41, 5.74) is 0.229. The third-order valence-corrected chi connectivity index (χ3v) is 3.15. The number of hydrogen-bond donors (Lipinski definition) is 1. The van der Waals surface area contributed by atoms with Crippen LogP contribution in [0.2, 0.25) is 0 Å². The number of anilines is 1. The van der Waals surface area contributed by atoms with E-state index in [2.05, 4.69) is 21.2 Å². The summed E-state index contributed by atoms with van der Waals surface area (Å²) < 4.78 is 42.1. The number of ketones is 1. The summed E-state index contributed by atoms with van der Waals surface area (Å²) >= 11 is 3.24. The van der Waals surface area contributed by atoms with Crippen LogP contribution in [0, 0.1) is 0 Å². The molecule has 134 valence electrons. The van der Waals surface area contributed by atoms with Gasteiger partial charge in [0.25, 0.3) is 0 Å². The van der Waals surface area contributed by atoms with Crippen LogP contribution in [0.25, 0.3) is 0 Å². The average Bonchev–Trinajstić information content (AvgIpc) is 2.32. The van der Waals surface area contributed by atoms with E-state index in [0.29, 0.717) is 15.7 Å². The van der Waals surface area contributed by atoms with Crippen molar-refractivity contribution < 1.29 is 27.5 Å². The molecular formula is C16H19BrF3NO3. The van der Waals surface area contributed by atoms with Gasteiger partial charge in [-0.05, 0) is 44.5 Å². The molecule has 1 amide bonds. The fraction of sp³-hybridized carbons (Fsp3) is 0.500. The lowest BCUT2D eigenvalue weighted by atomic mass is 10.1. The van der Waals surface area contributed by atoms with E-state index in [1.54, 1.807) is 32.9 Å². The maximum atomic E-state index is 12.1. The highest BCUT2D eigenvalue weighted by Gasteiger charge is 2.27. The molecule has 0 aliphatic heterocycles. The largest absolute Gasteiger partial charge is 0.444 e. The number of halogens is 4. The number of rotatable bonds is 5. The SMILES string of the molecule is CC(C)(C)OC(=O)Nc1cc(Br)cc(CC(=O)CCC(F)(F)F)c1. The Kier molecular flexibility index (Phi) is 6.83. The Morgan fingerprint density at radius 1 is 1.17 bits per heavy atom. The van der Waals surface area contributed by atoms with Crippen LogP contribution in [-0.2, 0) is 16.0 Å². The summed E-state index contributed by atoms with van der Waals surface area (Å²) in [4.78, 5) is 23.4. The van der Waals surface area contributed by atoms with Gasteiger partial charge in [0.1, 0.15) is 11.4 Å². The van der Waals surface area contributed by atoms with Gasteiger partial charge in [-0.3, -0.25) is 10.1 Å². The quantitative estimate of drug-likeness (QED) is 0.722. The molecule has 0 fully saturated rings. The summed E-state index contributed by atoms with van der Waals surface area (Å²) in [5, 5.41) is 2.53. The monoisotopic (exact) mass is 409 g/mol. The van der Waals surface area contributed by atoms with Crippen LogP contribution in [0.5, 0.6) is 0 Å². The summed E-state index contributed by atoms with van der Waals surface area (Å²) in [7, 11) is 0. The lowest BCUT2D eigenvalue weighted by Gasteiger charge is -2.20. The van der Waals surface area contributed by atoms with Crippen LogP contribution in [0.4, 0.5) is 23.7 Å². The van der Waals surface area contributed by atoms with Crippen molar-refractivity contribution in [2.45, 2.75) is 51.8 Å². The predicted octanol–water partition coefficient (Wildman–Crippen LogP) is 5.25. The molecule has 0 atom stereocenters. The maximum absolute atomic E-state index is 12.1. The van der Waals surface area contributed by atoms with Crippen LogP contribution in [-0.4, -0.2) is 23.7 Å². The molecule has 0 radical (unpaired) electrons. The first kappa shape index (κ1) is 20.5. The van der Waals surface area contributed by atoms with E-state index in [-0.39, 0.29) is 6.42 Å². The molecule has 1 N–H and O–H groups in total. The van der Waals surface area contributed by atoms with Crippen LogP contribution in [0.1, 0.15) is 39.2 Å². The second-order valence-electron chi connectivity index (χ2n) is 6.31. The minimum Gasteiger partial charge on any atom is -0.444 e. The van der Waals surface area contributed by atoms with Gasteiger partial charge in [0.2, 0.25) is 0 Å². The summed E-state index contributed by atoms with van der Waals surface area (Å²) in [6.45, 7) is 5.16. The van der Waals surface area contributed by atoms with E-state index in [1.165, 1.54) is 6.07 Å². The van der Waals surface area contributed by atoms with Crippen molar-refractivity contribution in [3.05, 3.63) is 28.2 Å². The Balaban J connectivity index is 2.72. The number of benzene rings is 1. The van der Waals surface area contributed by atoms with Crippen molar-refractivity contribution in [3.63, 3.8) is 0 Å². The molecule has 0 aromatic heterocycles. The Morgan fingerprint density at radius 2 is 1.79 bits per heavy atom. The number of ether oxygens (including phenoxy) is 1. The minimum absolute atomic E-state index is 0.140. The minimum atomic E-state index is -4.35. The molecule has 0 saturated carbocycles. The van der Waals surface area contributed by atoms with Crippen molar-refractivity contribution in [2.75, 3.05) is 5.32 Å². The zero-order valence-electron chi connectivity index (χ0n) is 13.6. The second-order valence-corrected chi connectivity index (χ2v) is 7.22. The summed E-state index contributed by atoms with van der Waals surface area (Å²) in [5.74, 6) is -0.520. The molecule has 8 heteroatoms. The van der Waals surface area contributed by atoms with Crippen LogP contribution in [0.3, 0.4) is 0 Å². The molecule has 0 bridgehead atoms. The first-order chi connectivity index (χ1) is 10.8. The summed E-state index contributed by atoms with van der Waals surface area (Å²) in [6.07, 6.45) is -6.85. The predicted molar refractivity (Wildman–Crippen MR) is 88.0 cm³/mol. The lowest BCUT2D eigenvalue weighted by molar-refractivity contribution is -0.143. The van der Waals surface area contributed by atoms with Gasteiger partial charge in [0, 0.05) is 23.0 Å². The molecule has 0 aliphatic carbocycles. The Hall–Kier alpha value is -1.57. The highest BCUT2D eigenvalue weighted by molar-refractivity contribution is 9.10. The number of alkyl halides is 3. The molecule has 0 unspecified atom stereocenters. The van der Waals surface area contributed by atoms with E-state index in [4.69, 9.17) is 4.74 Å². The van der Waals surface area contributed by atoms with Crippen molar-refractivity contribution in [3.8, 4) is 0 Å². The second kappa shape index (κ2) is 8.00. The zero-order chi connectivity index (χ0) is 18.5. The van der Waals surface area contributed by atoms with Gasteiger partial charge in [-0.1, -0.05) is 15.9 Å². The standard InChI is InChI=1S/C16H19BrF3NO3/c1-15(2,3)24-14(23)21-12-7-10(6-11(17)9-12)8-13(22)4-5-16(18,19)20/h6-7,9H,4-5,8H2,1-3H3,(H,21,23). The number of nitrogens with one attached hydrogen (secondary N) is 1. The Labute approximate surface area is 146 Å². The molecule has 1 rings (SSSR count). The van der Waals surface area contributed by atoms with Gasteiger partial charge in [0.15, 0.2) is 0 Å². The van der Waals surface area contributed by atoms with Crippen molar-refractivity contribution >= 4 is 33.5 Å². The van der Waals surface area contributed by atoms with E-state index < -0.39 is 36.5 Å². The lowest BCUT2D eigenvalue weighted by Crippen LogP contribution is -2.27. The zero-order valence-corrected chi connectivity index (χ0v) is 15.2. The molecule has 0 spiro atoms. The first-order valence-electron chi connectivity index (χ1n) is 7.22. The summed E-state index contributed by atoms with van der Waals surface area (Å²) in [6, 6.07) is 4.75. The number of amides is 1. The molecular weight excluding hydrogens is 391 g/mol. The maximum Gasteiger partial charge on any atom is 0.412 e. The number of Topliss-reactive ketones (excluding diaryl/α,β-unsaturated/α-hetero) is 1. The van der Waals surface area contributed by atoms with Crippen LogP contribution < -0.4 is 5.32 Å². The van der Waals surface area contributed by atoms with E-state index in [9.17, 15) is 22.8 Å². The third kappa shape index (κ3) is 8.90. The van der Waals surface area contributed by atoms with Crippen LogP contribution in [0.15, 0.2) is 22.7 Å². The van der Waals surface area contributed by atoms with Gasteiger partial charge in [0.05, 0.1) is 6.42 Å².